The summed E-state index contributed by atoms with van der Waals surface area (Å²) in [5.41, 5.74) is 7.60. The fourth-order valence-electron chi connectivity index (χ4n) is 4.18. The van der Waals surface area contributed by atoms with Crippen LogP contribution in [0.2, 0.25) is 0 Å². The molecule has 2 heterocycles. The van der Waals surface area contributed by atoms with Gasteiger partial charge in [0.2, 0.25) is 5.88 Å². The molecule has 1 saturated heterocycles. The number of aliphatic hydroxyl groups is 1. The summed E-state index contributed by atoms with van der Waals surface area (Å²) in [6, 6.07) is 12.9. The van der Waals surface area contributed by atoms with Crippen molar-refractivity contribution in [3.8, 4) is 11.6 Å². The van der Waals surface area contributed by atoms with Gasteiger partial charge in [-0.15, -0.1) is 5.10 Å². The van der Waals surface area contributed by atoms with Crippen molar-refractivity contribution in [3.05, 3.63) is 71.3 Å². The third-order valence-corrected chi connectivity index (χ3v) is 5.81. The molecule has 1 fully saturated rings. The molecule has 0 aliphatic carbocycles. The molecule has 4 N–H and O–H groups in total. The number of urea groups is 1. The van der Waals surface area contributed by atoms with Crippen LogP contribution in [0.4, 0.5) is 19.4 Å². The lowest BCUT2D eigenvalue weighted by Gasteiger charge is -2.17. The van der Waals surface area contributed by atoms with Crippen LogP contribution in [0, 0.1) is 18.6 Å². The average Bonchev–Trinajstić information content (AvgIpc) is 3.41. The molecule has 0 spiro atoms. The zero-order valence-electron chi connectivity index (χ0n) is 20.7. The molecule has 194 valence electrons. The van der Waals surface area contributed by atoms with Crippen LogP contribution in [0.1, 0.15) is 37.3 Å². The smallest absolute Gasteiger partial charge is 0.317 e. The van der Waals surface area contributed by atoms with Gasteiger partial charge < -0.3 is 20.5 Å². The molecular weight excluding hydrogens is 468 g/mol. The number of halogens is 2. The molecule has 2 amide bonds. The van der Waals surface area contributed by atoms with Crippen molar-refractivity contribution in [1.82, 2.24) is 14.7 Å². The van der Waals surface area contributed by atoms with Crippen molar-refractivity contribution in [1.29, 1.82) is 0 Å². The molecule has 0 bridgehead atoms. The van der Waals surface area contributed by atoms with Gasteiger partial charge in [-0.3, -0.25) is 5.32 Å². The number of hydrogen-bond acceptors (Lipinski definition) is 5. The molecule has 2 aromatic carbocycles. The van der Waals surface area contributed by atoms with E-state index in [1.54, 1.807) is 17.7 Å². The normalized spacial score (nSPS) is 16.2. The number of nitrogens with two attached hydrogens (primary N) is 1. The van der Waals surface area contributed by atoms with E-state index >= 15 is 0 Å². The third-order valence-electron chi connectivity index (χ3n) is 5.81. The Hall–Kier alpha value is -3.50. The summed E-state index contributed by atoms with van der Waals surface area (Å²) in [5.74, 6) is -0.342. The highest BCUT2D eigenvalue weighted by Gasteiger charge is 2.25. The number of aromatic nitrogens is 2. The van der Waals surface area contributed by atoms with E-state index in [2.05, 4.69) is 15.3 Å². The van der Waals surface area contributed by atoms with Gasteiger partial charge in [0.15, 0.2) is 11.6 Å². The van der Waals surface area contributed by atoms with Crippen LogP contribution in [-0.4, -0.2) is 58.2 Å². The maximum atomic E-state index is 13.1. The molecule has 2 unspecified atom stereocenters. The largest absolute Gasteiger partial charge is 0.477 e. The standard InChI is InChI=1S/C13H17F2NO.C13H16N4O2/c1-9(17)7-16-5-4-11(8-16)10-2-3-12(14)13(15)6-10;1-3-19-12-9(2)11(15-13(14)18)17(16-12)10-7-5-4-6-8-10/h2-3,6,9,11,17H,4-5,7-8H2,1H3;4-8H,3H2,1-2H3,(H3,14,15,18). The van der Waals surface area contributed by atoms with Crippen LogP contribution in [0.15, 0.2) is 48.5 Å². The summed E-state index contributed by atoms with van der Waals surface area (Å²) in [5, 5.41) is 16.2. The van der Waals surface area contributed by atoms with Gasteiger partial charge in [-0.05, 0) is 69.5 Å². The number of rotatable bonds is 7. The van der Waals surface area contributed by atoms with Crippen LogP contribution < -0.4 is 15.8 Å². The van der Waals surface area contributed by atoms with Crippen molar-refractivity contribution >= 4 is 11.8 Å². The molecule has 3 aromatic rings. The first kappa shape index (κ1) is 27.1. The Kier molecular flexibility index (Phi) is 9.38. The van der Waals surface area contributed by atoms with E-state index in [-0.39, 0.29) is 12.0 Å². The van der Waals surface area contributed by atoms with Crippen molar-refractivity contribution in [2.24, 2.45) is 5.73 Å². The molecule has 2 atom stereocenters. The van der Waals surface area contributed by atoms with Crippen LogP contribution in [-0.2, 0) is 0 Å². The molecule has 1 aromatic heterocycles. The monoisotopic (exact) mass is 501 g/mol. The Morgan fingerprint density at radius 1 is 1.25 bits per heavy atom. The van der Waals surface area contributed by atoms with Gasteiger partial charge in [-0.2, -0.15) is 0 Å². The van der Waals surface area contributed by atoms with Crippen LogP contribution in [0.25, 0.3) is 5.69 Å². The number of amides is 2. The van der Waals surface area contributed by atoms with Gasteiger partial charge >= 0.3 is 6.03 Å². The number of carbonyl (C=O) groups is 1. The topological polar surface area (TPSA) is 106 Å². The van der Waals surface area contributed by atoms with E-state index in [1.807, 2.05) is 44.2 Å². The third kappa shape index (κ3) is 7.02. The number of aliphatic hydroxyl groups excluding tert-OH is 1. The number of β-amino-alcohol motifs (C(OH)–C–C–N with tert-alkyl or cyclic N) is 1. The van der Waals surface area contributed by atoms with E-state index in [1.165, 1.54) is 12.1 Å². The highest BCUT2D eigenvalue weighted by Crippen LogP contribution is 2.29. The number of primary amides is 1. The molecule has 4 rings (SSSR count). The molecule has 10 heteroatoms. The van der Waals surface area contributed by atoms with Crippen molar-refractivity contribution in [3.63, 3.8) is 0 Å². The SMILES string of the molecule is CC(O)CN1CCC(c2ccc(F)c(F)c2)C1.CCOc1nn(-c2ccccc2)c(NC(N)=O)c1C. The number of ether oxygens (including phenoxy) is 1. The van der Waals surface area contributed by atoms with E-state index < -0.39 is 17.7 Å². The Morgan fingerprint density at radius 3 is 2.58 bits per heavy atom. The summed E-state index contributed by atoms with van der Waals surface area (Å²) in [7, 11) is 0. The second kappa shape index (κ2) is 12.5. The Bertz CT molecular complexity index is 1150. The minimum atomic E-state index is -0.799. The van der Waals surface area contributed by atoms with Gasteiger partial charge in [-0.1, -0.05) is 24.3 Å². The van der Waals surface area contributed by atoms with Gasteiger partial charge in [-0.25, -0.2) is 18.3 Å². The number of nitrogens with zero attached hydrogens (tertiary/aromatic N) is 3. The zero-order valence-corrected chi connectivity index (χ0v) is 20.7. The first-order valence-corrected chi connectivity index (χ1v) is 11.9. The predicted octanol–water partition coefficient (Wildman–Crippen LogP) is 4.20. The van der Waals surface area contributed by atoms with Gasteiger partial charge in [0.25, 0.3) is 0 Å². The molecular formula is C26H33F2N5O3. The van der Waals surface area contributed by atoms with Crippen LogP contribution in [0.5, 0.6) is 5.88 Å². The van der Waals surface area contributed by atoms with Gasteiger partial charge in [0.1, 0.15) is 5.82 Å². The summed E-state index contributed by atoms with van der Waals surface area (Å²) in [6.07, 6.45) is 0.580. The molecule has 0 radical (unpaired) electrons. The lowest BCUT2D eigenvalue weighted by molar-refractivity contribution is 0.140. The zero-order chi connectivity index (χ0) is 26.2. The summed E-state index contributed by atoms with van der Waals surface area (Å²) >= 11 is 0. The quantitative estimate of drug-likeness (QED) is 0.450. The molecule has 1 aliphatic rings. The Balaban J connectivity index is 0.000000202. The summed E-state index contributed by atoms with van der Waals surface area (Å²) < 4.78 is 33.0. The maximum absolute atomic E-state index is 13.1. The maximum Gasteiger partial charge on any atom is 0.317 e. The molecule has 8 nitrogen and oxygen atoms in total. The van der Waals surface area contributed by atoms with E-state index in [4.69, 9.17) is 10.5 Å². The van der Waals surface area contributed by atoms with Crippen molar-refractivity contribution in [2.75, 3.05) is 31.6 Å². The Labute approximate surface area is 209 Å². The molecule has 1 aliphatic heterocycles. The van der Waals surface area contributed by atoms with Crippen LogP contribution in [0.3, 0.4) is 0 Å². The molecule has 0 saturated carbocycles. The number of para-hydroxylation sites is 1. The second-order valence-corrected chi connectivity index (χ2v) is 8.72. The van der Waals surface area contributed by atoms with E-state index in [9.17, 15) is 18.7 Å². The minimum absolute atomic E-state index is 0.240. The summed E-state index contributed by atoms with van der Waals surface area (Å²) in [4.78, 5) is 13.3. The fraction of sp³-hybridized carbons (Fsp3) is 0.385. The second-order valence-electron chi connectivity index (χ2n) is 8.72. The fourth-order valence-corrected chi connectivity index (χ4v) is 4.18. The van der Waals surface area contributed by atoms with Crippen molar-refractivity contribution in [2.45, 2.75) is 39.2 Å². The minimum Gasteiger partial charge on any atom is -0.477 e. The lowest BCUT2D eigenvalue weighted by Crippen LogP contribution is -2.28. The Morgan fingerprint density at radius 2 is 1.97 bits per heavy atom. The highest BCUT2D eigenvalue weighted by atomic mass is 19.2. The number of carbonyl (C=O) groups excluding carboxylic acids is 1. The van der Waals surface area contributed by atoms with Crippen molar-refractivity contribution < 1.29 is 23.4 Å². The van der Waals surface area contributed by atoms with Gasteiger partial charge in [0, 0.05) is 13.1 Å². The van der Waals surface area contributed by atoms with Crippen LogP contribution >= 0.6 is 0 Å². The number of hydrogen-bond donors (Lipinski definition) is 3. The first-order chi connectivity index (χ1) is 17.2. The molecule has 36 heavy (non-hydrogen) atoms. The predicted molar refractivity (Wildman–Crippen MR) is 135 cm³/mol. The van der Waals surface area contributed by atoms with E-state index in [0.29, 0.717) is 24.8 Å². The number of benzene rings is 2. The number of nitrogens with one attached hydrogen (secondary N) is 1. The lowest BCUT2D eigenvalue weighted by atomic mass is 9.98. The van der Waals surface area contributed by atoms with E-state index in [0.717, 1.165) is 36.3 Å². The van der Waals surface area contributed by atoms with Gasteiger partial charge in [0.05, 0.1) is 24.0 Å². The number of likely N-dealkylation sites (tertiary alicyclic amines) is 1. The number of anilines is 1. The summed E-state index contributed by atoms with van der Waals surface area (Å²) in [6.45, 7) is 8.29. The average molecular weight is 502 g/mol. The highest BCUT2D eigenvalue weighted by molar-refractivity contribution is 5.88. The first-order valence-electron chi connectivity index (χ1n) is 11.9.